The SMILES string of the molecule is CC(C)(C)N(Cc1cccc([N+](=O)[O-])c1)C(=O)COC(=O)c1ccc([N+](=O)[O-])o1. The van der Waals surface area contributed by atoms with E-state index in [1.54, 1.807) is 26.8 Å². The molecule has 11 nitrogen and oxygen atoms in total. The second-order valence-electron chi connectivity index (χ2n) is 7.05. The molecule has 154 valence electrons. The van der Waals surface area contributed by atoms with Crippen molar-refractivity contribution in [1.29, 1.82) is 0 Å². The molecule has 2 aromatic rings. The number of furan rings is 1. The number of nitro benzene ring substituents is 1. The minimum Gasteiger partial charge on any atom is -0.450 e. The van der Waals surface area contributed by atoms with Crippen molar-refractivity contribution in [3.63, 3.8) is 0 Å². The number of non-ortho nitro benzene ring substituents is 1. The third kappa shape index (κ3) is 5.61. The molecule has 1 heterocycles. The average Bonchev–Trinajstić information content (AvgIpc) is 3.14. The number of carbonyl (C=O) groups is 2. The van der Waals surface area contributed by atoms with Crippen LogP contribution in [0.25, 0.3) is 0 Å². The molecular formula is C18H19N3O8. The van der Waals surface area contributed by atoms with Gasteiger partial charge in [0.25, 0.3) is 11.6 Å². The Balaban J connectivity index is 2.09. The molecule has 0 bridgehead atoms. The smallest absolute Gasteiger partial charge is 0.433 e. The number of ether oxygens (including phenoxy) is 1. The topological polar surface area (TPSA) is 146 Å². The lowest BCUT2D eigenvalue weighted by molar-refractivity contribution is -0.402. The zero-order chi connectivity index (χ0) is 21.8. The number of amides is 1. The van der Waals surface area contributed by atoms with Crippen LogP contribution in [0.3, 0.4) is 0 Å². The number of nitrogens with zero attached hydrogens (tertiary/aromatic N) is 3. The molecule has 11 heteroatoms. The highest BCUT2D eigenvalue weighted by Crippen LogP contribution is 2.21. The summed E-state index contributed by atoms with van der Waals surface area (Å²) in [5.41, 5.74) is -0.234. The summed E-state index contributed by atoms with van der Waals surface area (Å²) in [6.45, 7) is 4.73. The molecule has 1 aromatic carbocycles. The first-order chi connectivity index (χ1) is 13.5. The first kappa shape index (κ1) is 21.5. The maximum atomic E-state index is 12.6. The van der Waals surface area contributed by atoms with Crippen LogP contribution in [0.15, 0.2) is 40.8 Å². The minimum atomic E-state index is -1.02. The molecule has 0 unspecified atom stereocenters. The lowest BCUT2D eigenvalue weighted by atomic mass is 10.0. The molecule has 0 aliphatic rings. The third-order valence-corrected chi connectivity index (χ3v) is 3.87. The summed E-state index contributed by atoms with van der Waals surface area (Å²) < 4.78 is 9.64. The summed E-state index contributed by atoms with van der Waals surface area (Å²) in [4.78, 5) is 46.2. The highest BCUT2D eigenvalue weighted by Gasteiger charge is 2.28. The molecule has 1 aromatic heterocycles. The van der Waals surface area contributed by atoms with E-state index in [1.165, 1.54) is 23.1 Å². The predicted octanol–water partition coefficient (Wildman–Crippen LogP) is 3.08. The van der Waals surface area contributed by atoms with Crippen LogP contribution in [0.2, 0.25) is 0 Å². The van der Waals surface area contributed by atoms with Crippen LogP contribution in [0.1, 0.15) is 36.9 Å². The van der Waals surface area contributed by atoms with Crippen LogP contribution in [-0.4, -0.2) is 38.8 Å². The van der Waals surface area contributed by atoms with Crippen molar-refractivity contribution in [3.8, 4) is 0 Å². The minimum absolute atomic E-state index is 0.0633. The highest BCUT2D eigenvalue weighted by molar-refractivity contribution is 5.89. The van der Waals surface area contributed by atoms with Gasteiger partial charge in [0.2, 0.25) is 5.76 Å². The van der Waals surface area contributed by atoms with Crippen molar-refractivity contribution >= 4 is 23.4 Å². The van der Waals surface area contributed by atoms with Crippen molar-refractivity contribution in [2.45, 2.75) is 32.9 Å². The summed E-state index contributed by atoms with van der Waals surface area (Å²) in [7, 11) is 0. The molecule has 29 heavy (non-hydrogen) atoms. The Labute approximate surface area is 165 Å². The van der Waals surface area contributed by atoms with Gasteiger partial charge in [-0.1, -0.05) is 12.1 Å². The van der Waals surface area contributed by atoms with Gasteiger partial charge in [-0.3, -0.25) is 25.0 Å². The summed E-state index contributed by atoms with van der Waals surface area (Å²) in [5.74, 6) is -2.58. The van der Waals surface area contributed by atoms with E-state index in [1.807, 2.05) is 0 Å². The Morgan fingerprint density at radius 1 is 1.10 bits per heavy atom. The summed E-state index contributed by atoms with van der Waals surface area (Å²) in [5, 5.41) is 21.5. The van der Waals surface area contributed by atoms with Crippen molar-refractivity contribution in [2.24, 2.45) is 0 Å². The van der Waals surface area contributed by atoms with Gasteiger partial charge in [-0.05, 0) is 32.4 Å². The van der Waals surface area contributed by atoms with E-state index in [2.05, 4.69) is 0 Å². The largest absolute Gasteiger partial charge is 0.450 e. The zero-order valence-corrected chi connectivity index (χ0v) is 16.0. The second-order valence-corrected chi connectivity index (χ2v) is 7.05. The maximum Gasteiger partial charge on any atom is 0.433 e. The molecule has 0 saturated carbocycles. The van der Waals surface area contributed by atoms with E-state index in [9.17, 15) is 29.8 Å². The fraction of sp³-hybridized carbons (Fsp3) is 0.333. The Morgan fingerprint density at radius 3 is 2.34 bits per heavy atom. The van der Waals surface area contributed by atoms with Crippen molar-refractivity contribution in [3.05, 3.63) is 68.0 Å². The van der Waals surface area contributed by atoms with E-state index in [4.69, 9.17) is 9.15 Å². The van der Waals surface area contributed by atoms with E-state index >= 15 is 0 Å². The average molecular weight is 405 g/mol. The molecule has 0 fully saturated rings. The first-order valence-corrected chi connectivity index (χ1v) is 8.44. The Hall–Kier alpha value is -3.76. The predicted molar refractivity (Wildman–Crippen MR) is 99.0 cm³/mol. The van der Waals surface area contributed by atoms with Gasteiger partial charge in [-0.25, -0.2) is 4.79 Å². The summed E-state index contributed by atoms with van der Waals surface area (Å²) in [6, 6.07) is 7.95. The fourth-order valence-corrected chi connectivity index (χ4v) is 2.46. The molecular weight excluding hydrogens is 386 g/mol. The quantitative estimate of drug-likeness (QED) is 0.388. The monoisotopic (exact) mass is 405 g/mol. The Morgan fingerprint density at radius 2 is 1.79 bits per heavy atom. The van der Waals surface area contributed by atoms with Gasteiger partial charge in [0, 0.05) is 24.2 Å². The van der Waals surface area contributed by atoms with Crippen LogP contribution in [-0.2, 0) is 16.1 Å². The molecule has 0 radical (unpaired) electrons. The van der Waals surface area contributed by atoms with Crippen LogP contribution in [0, 0.1) is 20.2 Å². The van der Waals surface area contributed by atoms with Crippen molar-refractivity contribution in [1.82, 2.24) is 4.90 Å². The Bertz CT molecular complexity index is 945. The molecule has 0 atom stereocenters. The molecule has 0 N–H and O–H groups in total. The third-order valence-electron chi connectivity index (χ3n) is 3.87. The lowest BCUT2D eigenvalue weighted by Crippen LogP contribution is -2.46. The van der Waals surface area contributed by atoms with Gasteiger partial charge in [-0.15, -0.1) is 0 Å². The van der Waals surface area contributed by atoms with E-state index in [-0.39, 0.29) is 12.2 Å². The molecule has 0 spiro atoms. The second kappa shape index (κ2) is 8.50. The molecule has 0 aliphatic carbocycles. The van der Waals surface area contributed by atoms with Crippen LogP contribution in [0.4, 0.5) is 11.6 Å². The summed E-state index contributed by atoms with van der Waals surface area (Å²) in [6.07, 6.45) is 0. The number of benzene rings is 1. The van der Waals surface area contributed by atoms with E-state index in [0.717, 1.165) is 12.1 Å². The highest BCUT2D eigenvalue weighted by atomic mass is 16.7. The normalized spacial score (nSPS) is 11.0. The molecule has 1 amide bonds. The molecule has 0 saturated heterocycles. The number of esters is 1. The first-order valence-electron chi connectivity index (χ1n) is 8.44. The number of carbonyl (C=O) groups excluding carboxylic acids is 2. The van der Waals surface area contributed by atoms with Crippen LogP contribution in [0.5, 0.6) is 0 Å². The fourth-order valence-electron chi connectivity index (χ4n) is 2.46. The van der Waals surface area contributed by atoms with Crippen LogP contribution < -0.4 is 0 Å². The van der Waals surface area contributed by atoms with Gasteiger partial charge in [0.1, 0.15) is 4.92 Å². The van der Waals surface area contributed by atoms with Gasteiger partial charge >= 0.3 is 11.9 Å². The van der Waals surface area contributed by atoms with Gasteiger partial charge in [0.05, 0.1) is 11.0 Å². The number of nitro groups is 2. The summed E-state index contributed by atoms with van der Waals surface area (Å²) >= 11 is 0. The zero-order valence-electron chi connectivity index (χ0n) is 16.0. The Kier molecular flexibility index (Phi) is 6.32. The van der Waals surface area contributed by atoms with E-state index < -0.39 is 45.5 Å². The van der Waals surface area contributed by atoms with Crippen LogP contribution >= 0.6 is 0 Å². The number of rotatable bonds is 7. The standard InChI is InChI=1S/C18H19N3O8/c1-18(2,3)19(10-12-5-4-6-13(9-12)20(24)25)15(22)11-28-17(23)14-7-8-16(29-14)21(26)27/h4-9H,10-11H2,1-3H3. The lowest BCUT2D eigenvalue weighted by Gasteiger charge is -2.35. The molecule has 0 aliphatic heterocycles. The number of hydrogen-bond acceptors (Lipinski definition) is 8. The van der Waals surface area contributed by atoms with Gasteiger partial charge < -0.3 is 14.1 Å². The maximum absolute atomic E-state index is 12.6. The van der Waals surface area contributed by atoms with Gasteiger partial charge in [-0.2, -0.15) is 0 Å². The molecule has 2 rings (SSSR count). The van der Waals surface area contributed by atoms with Crippen molar-refractivity contribution < 1.29 is 28.6 Å². The van der Waals surface area contributed by atoms with Gasteiger partial charge in [0.15, 0.2) is 6.61 Å². The van der Waals surface area contributed by atoms with E-state index in [0.29, 0.717) is 5.56 Å². The number of hydrogen-bond donors (Lipinski definition) is 0. The van der Waals surface area contributed by atoms with Crippen molar-refractivity contribution in [2.75, 3.05) is 6.61 Å².